The third kappa shape index (κ3) is 3.15. The van der Waals surface area contributed by atoms with Crippen molar-refractivity contribution in [2.24, 2.45) is 0 Å². The fraction of sp³-hybridized carbons (Fsp3) is 0.231. The SMILES string of the molecule is OCc1ccc(CNCc2cc(F)ccc2F)o1. The van der Waals surface area contributed by atoms with Crippen LogP contribution in [0.25, 0.3) is 0 Å². The van der Waals surface area contributed by atoms with Crippen molar-refractivity contribution in [2.45, 2.75) is 19.7 Å². The number of halogens is 2. The summed E-state index contributed by atoms with van der Waals surface area (Å²) in [7, 11) is 0. The molecule has 18 heavy (non-hydrogen) atoms. The second-order valence-corrected chi connectivity index (χ2v) is 3.87. The average Bonchev–Trinajstić information content (AvgIpc) is 2.81. The number of furan rings is 1. The molecule has 2 aromatic rings. The Kier molecular flexibility index (Phi) is 4.07. The van der Waals surface area contributed by atoms with Crippen LogP contribution in [0.5, 0.6) is 0 Å². The van der Waals surface area contributed by atoms with Gasteiger partial charge in [0, 0.05) is 12.1 Å². The van der Waals surface area contributed by atoms with Crippen LogP contribution in [0.2, 0.25) is 0 Å². The van der Waals surface area contributed by atoms with Crippen LogP contribution in [0.1, 0.15) is 17.1 Å². The van der Waals surface area contributed by atoms with Crippen LogP contribution in [-0.2, 0) is 19.7 Å². The quantitative estimate of drug-likeness (QED) is 0.859. The van der Waals surface area contributed by atoms with E-state index >= 15 is 0 Å². The predicted molar refractivity (Wildman–Crippen MR) is 61.5 cm³/mol. The third-order valence-corrected chi connectivity index (χ3v) is 2.50. The maximum atomic E-state index is 13.3. The first kappa shape index (κ1) is 12.7. The molecule has 0 fully saturated rings. The molecule has 0 aliphatic heterocycles. The van der Waals surface area contributed by atoms with E-state index in [9.17, 15) is 8.78 Å². The topological polar surface area (TPSA) is 45.4 Å². The zero-order valence-corrected chi connectivity index (χ0v) is 9.62. The molecule has 0 bridgehead atoms. The van der Waals surface area contributed by atoms with Crippen LogP contribution in [0.15, 0.2) is 34.7 Å². The Morgan fingerprint density at radius 1 is 1.06 bits per heavy atom. The summed E-state index contributed by atoms with van der Waals surface area (Å²) < 4.78 is 31.4. The highest BCUT2D eigenvalue weighted by Gasteiger charge is 2.05. The Balaban J connectivity index is 1.90. The van der Waals surface area contributed by atoms with Crippen LogP contribution >= 0.6 is 0 Å². The normalized spacial score (nSPS) is 10.8. The number of hydrogen-bond acceptors (Lipinski definition) is 3. The highest BCUT2D eigenvalue weighted by Crippen LogP contribution is 2.11. The first-order valence-electron chi connectivity index (χ1n) is 5.52. The molecule has 0 aliphatic carbocycles. The molecule has 0 radical (unpaired) electrons. The Morgan fingerprint density at radius 2 is 1.83 bits per heavy atom. The first-order chi connectivity index (χ1) is 8.69. The molecular weight excluding hydrogens is 240 g/mol. The molecular formula is C13H13F2NO2. The van der Waals surface area contributed by atoms with E-state index in [1.54, 1.807) is 12.1 Å². The van der Waals surface area contributed by atoms with Crippen molar-refractivity contribution in [3.05, 3.63) is 59.1 Å². The van der Waals surface area contributed by atoms with Crippen molar-refractivity contribution in [2.75, 3.05) is 0 Å². The highest BCUT2D eigenvalue weighted by molar-refractivity contribution is 5.18. The minimum absolute atomic E-state index is 0.154. The van der Waals surface area contributed by atoms with Gasteiger partial charge in [-0.05, 0) is 30.3 Å². The molecule has 3 nitrogen and oxygen atoms in total. The second kappa shape index (κ2) is 5.75. The van der Waals surface area contributed by atoms with E-state index in [0.29, 0.717) is 18.1 Å². The molecule has 0 amide bonds. The average molecular weight is 253 g/mol. The molecule has 0 unspecified atom stereocenters. The van der Waals surface area contributed by atoms with Gasteiger partial charge in [-0.2, -0.15) is 0 Å². The van der Waals surface area contributed by atoms with E-state index in [1.165, 1.54) is 0 Å². The largest absolute Gasteiger partial charge is 0.462 e. The highest BCUT2D eigenvalue weighted by atomic mass is 19.1. The lowest BCUT2D eigenvalue weighted by Gasteiger charge is -2.04. The molecule has 0 aliphatic rings. The van der Waals surface area contributed by atoms with E-state index in [0.717, 1.165) is 18.2 Å². The summed E-state index contributed by atoms with van der Waals surface area (Å²) >= 11 is 0. The van der Waals surface area contributed by atoms with Gasteiger partial charge in [-0.15, -0.1) is 0 Å². The van der Waals surface area contributed by atoms with Gasteiger partial charge in [0.1, 0.15) is 29.8 Å². The molecule has 1 heterocycles. The lowest BCUT2D eigenvalue weighted by atomic mass is 10.2. The van der Waals surface area contributed by atoms with Crippen molar-refractivity contribution < 1.29 is 18.3 Å². The summed E-state index contributed by atoms with van der Waals surface area (Å²) in [5, 5.41) is 11.8. The number of benzene rings is 1. The maximum absolute atomic E-state index is 13.3. The van der Waals surface area contributed by atoms with Crippen molar-refractivity contribution in [3.8, 4) is 0 Å². The molecule has 0 spiro atoms. The minimum Gasteiger partial charge on any atom is -0.462 e. The summed E-state index contributed by atoms with van der Waals surface area (Å²) in [5.41, 5.74) is 0.268. The van der Waals surface area contributed by atoms with E-state index in [1.807, 2.05) is 0 Å². The second-order valence-electron chi connectivity index (χ2n) is 3.87. The molecule has 2 rings (SSSR count). The van der Waals surface area contributed by atoms with Crippen molar-refractivity contribution in [1.82, 2.24) is 5.32 Å². The first-order valence-corrected chi connectivity index (χ1v) is 5.52. The van der Waals surface area contributed by atoms with Gasteiger partial charge in [-0.3, -0.25) is 0 Å². The third-order valence-electron chi connectivity index (χ3n) is 2.50. The Hall–Kier alpha value is -1.72. The lowest BCUT2D eigenvalue weighted by molar-refractivity contribution is 0.242. The summed E-state index contributed by atoms with van der Waals surface area (Å²) in [5.74, 6) is 0.202. The van der Waals surface area contributed by atoms with Gasteiger partial charge < -0.3 is 14.8 Å². The molecule has 0 saturated heterocycles. The molecule has 0 atom stereocenters. The molecule has 96 valence electrons. The van der Waals surface area contributed by atoms with Gasteiger partial charge >= 0.3 is 0 Å². The number of aliphatic hydroxyl groups excluding tert-OH is 1. The van der Waals surface area contributed by atoms with E-state index in [4.69, 9.17) is 9.52 Å². The van der Waals surface area contributed by atoms with Gasteiger partial charge in [0.15, 0.2) is 0 Å². The Labute approximate surface area is 103 Å². The predicted octanol–water partition coefficient (Wildman–Crippen LogP) is 2.34. The fourth-order valence-corrected chi connectivity index (χ4v) is 1.60. The van der Waals surface area contributed by atoms with Crippen LogP contribution in [0.3, 0.4) is 0 Å². The van der Waals surface area contributed by atoms with Crippen LogP contribution in [-0.4, -0.2) is 5.11 Å². The zero-order chi connectivity index (χ0) is 13.0. The van der Waals surface area contributed by atoms with Crippen LogP contribution in [0, 0.1) is 11.6 Å². The van der Waals surface area contributed by atoms with E-state index in [-0.39, 0.29) is 18.7 Å². The number of rotatable bonds is 5. The van der Waals surface area contributed by atoms with Crippen LogP contribution < -0.4 is 5.32 Å². The van der Waals surface area contributed by atoms with E-state index in [2.05, 4.69) is 5.32 Å². The summed E-state index contributed by atoms with van der Waals surface area (Å²) in [4.78, 5) is 0. The van der Waals surface area contributed by atoms with E-state index < -0.39 is 11.6 Å². The van der Waals surface area contributed by atoms with Gasteiger partial charge in [-0.25, -0.2) is 8.78 Å². The molecule has 2 N–H and O–H groups in total. The van der Waals surface area contributed by atoms with Crippen molar-refractivity contribution in [3.63, 3.8) is 0 Å². The molecule has 1 aromatic heterocycles. The van der Waals surface area contributed by atoms with Gasteiger partial charge in [-0.1, -0.05) is 0 Å². The standard InChI is InChI=1S/C13H13F2NO2/c14-10-1-4-13(15)9(5-10)6-16-7-11-2-3-12(8-17)18-11/h1-5,16-17H,6-8H2. The monoisotopic (exact) mass is 253 g/mol. The lowest BCUT2D eigenvalue weighted by Crippen LogP contribution is -2.13. The number of nitrogens with one attached hydrogen (secondary N) is 1. The number of hydrogen-bond donors (Lipinski definition) is 2. The van der Waals surface area contributed by atoms with Crippen LogP contribution in [0.4, 0.5) is 8.78 Å². The zero-order valence-electron chi connectivity index (χ0n) is 9.62. The van der Waals surface area contributed by atoms with Crippen molar-refractivity contribution >= 4 is 0 Å². The molecule has 5 heteroatoms. The minimum atomic E-state index is -0.464. The van der Waals surface area contributed by atoms with Gasteiger partial charge in [0.2, 0.25) is 0 Å². The smallest absolute Gasteiger partial charge is 0.129 e. The van der Waals surface area contributed by atoms with Gasteiger partial charge in [0.25, 0.3) is 0 Å². The molecule has 1 aromatic carbocycles. The van der Waals surface area contributed by atoms with Crippen molar-refractivity contribution in [1.29, 1.82) is 0 Å². The van der Waals surface area contributed by atoms with Gasteiger partial charge in [0.05, 0.1) is 6.54 Å². The Morgan fingerprint density at radius 3 is 2.56 bits per heavy atom. The summed E-state index contributed by atoms with van der Waals surface area (Å²) in [6, 6.07) is 6.73. The maximum Gasteiger partial charge on any atom is 0.129 e. The Bertz CT molecular complexity index is 525. The summed E-state index contributed by atoms with van der Waals surface area (Å²) in [6.45, 7) is 0.438. The summed E-state index contributed by atoms with van der Waals surface area (Å²) in [6.07, 6.45) is 0. The number of aliphatic hydroxyl groups is 1. The fourth-order valence-electron chi connectivity index (χ4n) is 1.60. The molecule has 0 saturated carbocycles.